The second kappa shape index (κ2) is 6.59. The Hall–Kier alpha value is -1.10. The lowest BCUT2D eigenvalue weighted by molar-refractivity contribution is -0.146. The summed E-state index contributed by atoms with van der Waals surface area (Å²) in [7, 11) is 0. The fraction of sp³-hybridized carbons (Fsp3) is 0.833. The molecular formula is C12H22N2O3. The molecule has 1 rings (SSSR count). The minimum atomic E-state index is -0.946. The molecular weight excluding hydrogens is 220 g/mol. The third-order valence-electron chi connectivity index (χ3n) is 3.33. The van der Waals surface area contributed by atoms with Crippen molar-refractivity contribution in [2.45, 2.75) is 51.6 Å². The van der Waals surface area contributed by atoms with E-state index in [0.717, 1.165) is 25.8 Å². The summed E-state index contributed by atoms with van der Waals surface area (Å²) in [6.07, 6.45) is 3.29. The molecule has 0 radical (unpaired) electrons. The molecule has 0 spiro atoms. The van der Waals surface area contributed by atoms with Gasteiger partial charge in [-0.3, -0.25) is 9.59 Å². The third kappa shape index (κ3) is 4.34. The summed E-state index contributed by atoms with van der Waals surface area (Å²) in [4.78, 5) is 24.3. The molecule has 2 unspecified atom stereocenters. The van der Waals surface area contributed by atoms with E-state index < -0.39 is 5.97 Å². The van der Waals surface area contributed by atoms with Gasteiger partial charge in [0.25, 0.3) is 0 Å². The van der Waals surface area contributed by atoms with Crippen molar-refractivity contribution in [1.29, 1.82) is 0 Å². The van der Waals surface area contributed by atoms with Crippen LogP contribution in [-0.4, -0.2) is 47.1 Å². The van der Waals surface area contributed by atoms with E-state index in [0.29, 0.717) is 6.42 Å². The monoisotopic (exact) mass is 242 g/mol. The van der Waals surface area contributed by atoms with Crippen molar-refractivity contribution < 1.29 is 14.7 Å². The molecule has 2 N–H and O–H groups in total. The molecule has 0 aromatic carbocycles. The van der Waals surface area contributed by atoms with Crippen LogP contribution in [0.25, 0.3) is 0 Å². The van der Waals surface area contributed by atoms with Crippen LogP contribution in [0.5, 0.6) is 0 Å². The van der Waals surface area contributed by atoms with Crippen LogP contribution in [0.1, 0.15) is 39.5 Å². The Morgan fingerprint density at radius 3 is 2.71 bits per heavy atom. The van der Waals surface area contributed by atoms with Gasteiger partial charge >= 0.3 is 5.97 Å². The molecule has 0 aliphatic carbocycles. The summed E-state index contributed by atoms with van der Waals surface area (Å²) in [5.41, 5.74) is 0. The first-order chi connectivity index (χ1) is 8.04. The number of carbonyl (C=O) groups is 2. The first-order valence-electron chi connectivity index (χ1n) is 6.29. The lowest BCUT2D eigenvalue weighted by Gasteiger charge is -2.28. The number of hydrogen-bond donors (Lipinski definition) is 2. The number of nitrogens with zero attached hydrogens (tertiary/aromatic N) is 1. The van der Waals surface area contributed by atoms with E-state index in [1.807, 2.05) is 13.8 Å². The smallest absolute Gasteiger partial charge is 0.323 e. The highest BCUT2D eigenvalue weighted by Crippen LogP contribution is 2.13. The van der Waals surface area contributed by atoms with Crippen LogP contribution in [0.4, 0.5) is 0 Å². The van der Waals surface area contributed by atoms with Gasteiger partial charge in [0.05, 0.1) is 0 Å². The van der Waals surface area contributed by atoms with Gasteiger partial charge in [-0.2, -0.15) is 0 Å². The maximum Gasteiger partial charge on any atom is 0.323 e. The molecule has 1 saturated heterocycles. The number of hydrogen-bond acceptors (Lipinski definition) is 3. The number of carboxylic acids is 1. The summed E-state index contributed by atoms with van der Waals surface area (Å²) < 4.78 is 0. The van der Waals surface area contributed by atoms with Gasteiger partial charge in [0.2, 0.25) is 5.91 Å². The molecule has 1 aliphatic rings. The molecule has 1 heterocycles. The Morgan fingerprint density at radius 2 is 2.24 bits per heavy atom. The Labute approximate surface area is 102 Å². The summed E-state index contributed by atoms with van der Waals surface area (Å²) in [5, 5.41) is 12.1. The minimum absolute atomic E-state index is 0.0139. The van der Waals surface area contributed by atoms with Gasteiger partial charge in [-0.1, -0.05) is 6.92 Å². The maximum absolute atomic E-state index is 12.1. The highest BCUT2D eigenvalue weighted by Gasteiger charge is 2.25. The molecule has 0 bridgehead atoms. The molecule has 1 amide bonds. The number of carbonyl (C=O) groups excluding carboxylic acids is 1. The van der Waals surface area contributed by atoms with Crippen LogP contribution >= 0.6 is 0 Å². The van der Waals surface area contributed by atoms with Crippen LogP contribution in [0, 0.1) is 0 Å². The average molecular weight is 242 g/mol. The number of aliphatic carboxylic acids is 1. The minimum Gasteiger partial charge on any atom is -0.480 e. The number of amides is 1. The zero-order valence-electron chi connectivity index (χ0n) is 10.6. The Morgan fingerprint density at radius 1 is 1.53 bits per heavy atom. The molecule has 0 aromatic rings. The van der Waals surface area contributed by atoms with Crippen LogP contribution in [-0.2, 0) is 9.59 Å². The van der Waals surface area contributed by atoms with Crippen molar-refractivity contribution in [3.63, 3.8) is 0 Å². The molecule has 0 saturated carbocycles. The van der Waals surface area contributed by atoms with E-state index in [4.69, 9.17) is 5.11 Å². The highest BCUT2D eigenvalue weighted by atomic mass is 16.4. The summed E-state index contributed by atoms with van der Waals surface area (Å²) in [5.74, 6) is -1.00. The van der Waals surface area contributed by atoms with Crippen molar-refractivity contribution in [2.24, 2.45) is 0 Å². The molecule has 17 heavy (non-hydrogen) atoms. The molecule has 5 heteroatoms. The molecule has 1 aliphatic heterocycles. The Kier molecular flexibility index (Phi) is 5.41. The molecule has 98 valence electrons. The first kappa shape index (κ1) is 14.0. The zero-order chi connectivity index (χ0) is 12.8. The van der Waals surface area contributed by atoms with Gasteiger partial charge in [-0.05, 0) is 32.7 Å². The van der Waals surface area contributed by atoms with Crippen LogP contribution < -0.4 is 5.32 Å². The molecule has 1 fully saturated rings. The van der Waals surface area contributed by atoms with Gasteiger partial charge < -0.3 is 15.3 Å². The largest absolute Gasteiger partial charge is 0.480 e. The summed E-state index contributed by atoms with van der Waals surface area (Å²) in [6, 6.07) is 0.211. The van der Waals surface area contributed by atoms with Gasteiger partial charge in [0, 0.05) is 18.5 Å². The average Bonchev–Trinajstić information content (AvgIpc) is 2.77. The van der Waals surface area contributed by atoms with E-state index in [1.165, 1.54) is 4.90 Å². The summed E-state index contributed by atoms with van der Waals surface area (Å²) in [6.45, 7) is 4.62. The standard InChI is InChI=1S/C12H22N2O3/c1-3-9(2)14(8-12(16)17)11(15)7-10-5-4-6-13-10/h9-10,13H,3-8H2,1-2H3,(H,16,17). The predicted octanol–water partition coefficient (Wildman–Crippen LogP) is 0.840. The third-order valence-corrected chi connectivity index (χ3v) is 3.33. The lowest BCUT2D eigenvalue weighted by Crippen LogP contribution is -2.43. The van der Waals surface area contributed by atoms with E-state index in [9.17, 15) is 9.59 Å². The van der Waals surface area contributed by atoms with Crippen LogP contribution in [0.2, 0.25) is 0 Å². The van der Waals surface area contributed by atoms with E-state index in [1.54, 1.807) is 0 Å². The number of rotatable bonds is 6. The van der Waals surface area contributed by atoms with Crippen LogP contribution in [0.15, 0.2) is 0 Å². The number of carboxylic acid groups (broad SMARTS) is 1. The number of nitrogens with one attached hydrogen (secondary N) is 1. The summed E-state index contributed by atoms with van der Waals surface area (Å²) >= 11 is 0. The SMILES string of the molecule is CCC(C)N(CC(=O)O)C(=O)CC1CCCN1. The molecule has 5 nitrogen and oxygen atoms in total. The van der Waals surface area contributed by atoms with Gasteiger partial charge in [0.15, 0.2) is 0 Å². The van der Waals surface area contributed by atoms with E-state index >= 15 is 0 Å². The highest BCUT2D eigenvalue weighted by molar-refractivity contribution is 5.82. The van der Waals surface area contributed by atoms with Crippen molar-refractivity contribution in [3.8, 4) is 0 Å². The molecule has 0 aromatic heterocycles. The van der Waals surface area contributed by atoms with E-state index in [-0.39, 0.29) is 24.5 Å². The van der Waals surface area contributed by atoms with Gasteiger partial charge in [0.1, 0.15) is 6.54 Å². The quantitative estimate of drug-likeness (QED) is 0.724. The fourth-order valence-corrected chi connectivity index (χ4v) is 2.11. The van der Waals surface area contributed by atoms with Gasteiger partial charge in [-0.25, -0.2) is 0 Å². The van der Waals surface area contributed by atoms with E-state index in [2.05, 4.69) is 5.32 Å². The first-order valence-corrected chi connectivity index (χ1v) is 6.29. The Balaban J connectivity index is 2.54. The van der Waals surface area contributed by atoms with Crippen LogP contribution in [0.3, 0.4) is 0 Å². The topological polar surface area (TPSA) is 69.6 Å². The second-order valence-electron chi connectivity index (χ2n) is 4.67. The van der Waals surface area contributed by atoms with Crippen molar-refractivity contribution in [2.75, 3.05) is 13.1 Å². The maximum atomic E-state index is 12.1. The van der Waals surface area contributed by atoms with Crippen molar-refractivity contribution in [3.05, 3.63) is 0 Å². The zero-order valence-corrected chi connectivity index (χ0v) is 10.6. The van der Waals surface area contributed by atoms with Crippen molar-refractivity contribution in [1.82, 2.24) is 10.2 Å². The van der Waals surface area contributed by atoms with Gasteiger partial charge in [-0.15, -0.1) is 0 Å². The second-order valence-corrected chi connectivity index (χ2v) is 4.67. The fourth-order valence-electron chi connectivity index (χ4n) is 2.11. The predicted molar refractivity (Wildman–Crippen MR) is 64.7 cm³/mol. The molecule has 2 atom stereocenters. The normalized spacial score (nSPS) is 21.2. The Bertz CT molecular complexity index is 275. The lowest BCUT2D eigenvalue weighted by atomic mass is 10.1. The van der Waals surface area contributed by atoms with Crippen molar-refractivity contribution >= 4 is 11.9 Å².